The molecule has 2 aliphatic carbocycles. The maximum Gasteiger partial charge on any atom is 0.0581 e. The van der Waals surface area contributed by atoms with Gasteiger partial charge in [-0.1, -0.05) is 6.42 Å². The second-order valence-corrected chi connectivity index (χ2v) is 6.31. The third-order valence-electron chi connectivity index (χ3n) is 4.12. The van der Waals surface area contributed by atoms with Crippen LogP contribution in [-0.4, -0.2) is 0 Å². The Labute approximate surface area is 101 Å². The van der Waals surface area contributed by atoms with Crippen LogP contribution < -0.4 is 11.3 Å². The van der Waals surface area contributed by atoms with Gasteiger partial charge in [-0.05, 0) is 56.1 Å². The summed E-state index contributed by atoms with van der Waals surface area (Å²) in [4.78, 5) is 3.11. The van der Waals surface area contributed by atoms with Gasteiger partial charge in [-0.25, -0.2) is 0 Å². The standard InChI is InChI=1S/C13H20N2S/c14-15-13(9-5-3-6-9)12-8-10-4-1-2-7-11(10)16-12/h8-9,13,15H,1-7,14H2. The number of rotatable bonds is 3. The van der Waals surface area contributed by atoms with Gasteiger partial charge in [0.25, 0.3) is 0 Å². The Balaban J connectivity index is 1.83. The lowest BCUT2D eigenvalue weighted by Gasteiger charge is -2.32. The van der Waals surface area contributed by atoms with Crippen molar-refractivity contribution >= 4 is 11.3 Å². The van der Waals surface area contributed by atoms with Crippen molar-refractivity contribution in [3.05, 3.63) is 21.4 Å². The summed E-state index contributed by atoms with van der Waals surface area (Å²) in [5.74, 6) is 6.51. The van der Waals surface area contributed by atoms with E-state index in [4.69, 9.17) is 5.84 Å². The molecule has 2 aliphatic rings. The van der Waals surface area contributed by atoms with Crippen LogP contribution in [0.1, 0.15) is 53.5 Å². The minimum absolute atomic E-state index is 0.421. The van der Waals surface area contributed by atoms with Gasteiger partial charge in [-0.15, -0.1) is 11.3 Å². The molecule has 0 spiro atoms. The molecule has 1 heterocycles. The lowest BCUT2D eigenvalue weighted by Crippen LogP contribution is -2.35. The molecule has 1 unspecified atom stereocenters. The highest BCUT2D eigenvalue weighted by atomic mass is 32.1. The minimum atomic E-state index is 0.421. The summed E-state index contributed by atoms with van der Waals surface area (Å²) in [6, 6.07) is 2.84. The summed E-state index contributed by atoms with van der Waals surface area (Å²) in [6.07, 6.45) is 9.39. The number of thiophene rings is 1. The summed E-state index contributed by atoms with van der Waals surface area (Å²) >= 11 is 2.00. The van der Waals surface area contributed by atoms with Gasteiger partial charge >= 0.3 is 0 Å². The van der Waals surface area contributed by atoms with Crippen molar-refractivity contribution in [3.8, 4) is 0 Å². The zero-order valence-electron chi connectivity index (χ0n) is 9.67. The van der Waals surface area contributed by atoms with Gasteiger partial charge in [0.2, 0.25) is 0 Å². The molecule has 1 aromatic rings. The molecule has 3 rings (SSSR count). The first kappa shape index (κ1) is 10.8. The molecule has 0 bridgehead atoms. The maximum absolute atomic E-state index is 5.73. The molecule has 3 N–H and O–H groups in total. The topological polar surface area (TPSA) is 38.0 Å². The summed E-state index contributed by atoms with van der Waals surface area (Å²) in [6.45, 7) is 0. The van der Waals surface area contributed by atoms with E-state index in [-0.39, 0.29) is 0 Å². The van der Waals surface area contributed by atoms with Crippen LogP contribution in [0.25, 0.3) is 0 Å². The van der Waals surface area contributed by atoms with Crippen molar-refractivity contribution in [2.45, 2.75) is 51.0 Å². The van der Waals surface area contributed by atoms with Crippen LogP contribution in [0.4, 0.5) is 0 Å². The van der Waals surface area contributed by atoms with Crippen molar-refractivity contribution < 1.29 is 0 Å². The molecule has 2 nitrogen and oxygen atoms in total. The minimum Gasteiger partial charge on any atom is -0.271 e. The number of nitrogens with two attached hydrogens (primary N) is 1. The second-order valence-electron chi connectivity index (χ2n) is 5.14. The van der Waals surface area contributed by atoms with E-state index < -0.39 is 0 Å². The number of fused-ring (bicyclic) bond motifs is 1. The van der Waals surface area contributed by atoms with Gasteiger partial charge in [0.1, 0.15) is 0 Å². The largest absolute Gasteiger partial charge is 0.271 e. The molecule has 0 aliphatic heterocycles. The van der Waals surface area contributed by atoms with Crippen LogP contribution in [0, 0.1) is 5.92 Å². The Morgan fingerprint density at radius 3 is 2.69 bits per heavy atom. The molecule has 1 atom stereocenters. The molecule has 3 heteroatoms. The van der Waals surface area contributed by atoms with Crippen molar-refractivity contribution in [2.24, 2.45) is 11.8 Å². The van der Waals surface area contributed by atoms with Gasteiger partial charge in [-0.2, -0.15) is 0 Å². The van der Waals surface area contributed by atoms with Crippen LogP contribution >= 0.6 is 11.3 Å². The predicted octanol–water partition coefficient (Wildman–Crippen LogP) is 2.93. The quantitative estimate of drug-likeness (QED) is 0.625. The summed E-state index contributed by atoms with van der Waals surface area (Å²) in [7, 11) is 0. The fourth-order valence-corrected chi connectivity index (χ4v) is 4.30. The van der Waals surface area contributed by atoms with Crippen LogP contribution in [0.2, 0.25) is 0 Å². The van der Waals surface area contributed by atoms with E-state index in [0.29, 0.717) is 6.04 Å². The molecule has 0 amide bonds. The lowest BCUT2D eigenvalue weighted by molar-refractivity contribution is 0.235. The van der Waals surface area contributed by atoms with E-state index in [1.165, 1.54) is 49.8 Å². The van der Waals surface area contributed by atoms with Crippen molar-refractivity contribution in [3.63, 3.8) is 0 Å². The summed E-state index contributed by atoms with van der Waals surface area (Å²) in [5.41, 5.74) is 4.64. The smallest absolute Gasteiger partial charge is 0.0581 e. The first-order valence-electron chi connectivity index (χ1n) is 6.46. The predicted molar refractivity (Wildman–Crippen MR) is 68.4 cm³/mol. The average molecular weight is 236 g/mol. The van der Waals surface area contributed by atoms with E-state index in [0.717, 1.165) is 5.92 Å². The highest BCUT2D eigenvalue weighted by Gasteiger charge is 2.29. The molecular formula is C13H20N2S. The fourth-order valence-electron chi connectivity index (χ4n) is 2.89. The van der Waals surface area contributed by atoms with E-state index in [1.54, 1.807) is 10.4 Å². The first-order chi connectivity index (χ1) is 7.88. The Morgan fingerprint density at radius 1 is 1.25 bits per heavy atom. The van der Waals surface area contributed by atoms with E-state index in [1.807, 2.05) is 11.3 Å². The summed E-state index contributed by atoms with van der Waals surface area (Å²) in [5, 5.41) is 0. The van der Waals surface area contributed by atoms with Gasteiger partial charge in [0, 0.05) is 9.75 Å². The summed E-state index contributed by atoms with van der Waals surface area (Å²) < 4.78 is 0. The Hall–Kier alpha value is -0.380. The SMILES string of the molecule is NNC(c1cc2c(s1)CCCC2)C1CCC1. The molecule has 0 saturated heterocycles. The van der Waals surface area contributed by atoms with Crippen LogP contribution in [0.15, 0.2) is 6.07 Å². The van der Waals surface area contributed by atoms with Gasteiger partial charge in [0.05, 0.1) is 6.04 Å². The first-order valence-corrected chi connectivity index (χ1v) is 7.28. The van der Waals surface area contributed by atoms with Gasteiger partial charge in [-0.3, -0.25) is 11.3 Å². The third kappa shape index (κ3) is 1.81. The lowest BCUT2D eigenvalue weighted by atomic mass is 9.79. The molecule has 88 valence electrons. The number of hydrazine groups is 1. The number of hydrogen-bond donors (Lipinski definition) is 2. The van der Waals surface area contributed by atoms with E-state index >= 15 is 0 Å². The monoisotopic (exact) mass is 236 g/mol. The molecule has 0 radical (unpaired) electrons. The Morgan fingerprint density at radius 2 is 2.06 bits per heavy atom. The highest BCUT2D eigenvalue weighted by molar-refractivity contribution is 7.12. The van der Waals surface area contributed by atoms with E-state index in [2.05, 4.69) is 11.5 Å². The van der Waals surface area contributed by atoms with Gasteiger partial charge < -0.3 is 0 Å². The molecule has 0 aromatic carbocycles. The zero-order valence-corrected chi connectivity index (χ0v) is 10.5. The molecule has 16 heavy (non-hydrogen) atoms. The number of nitrogens with one attached hydrogen (secondary N) is 1. The van der Waals surface area contributed by atoms with Crippen LogP contribution in [0.5, 0.6) is 0 Å². The van der Waals surface area contributed by atoms with Gasteiger partial charge in [0.15, 0.2) is 0 Å². The second kappa shape index (κ2) is 4.47. The zero-order chi connectivity index (χ0) is 11.0. The molecule has 1 fully saturated rings. The number of hydrogen-bond acceptors (Lipinski definition) is 3. The van der Waals surface area contributed by atoms with Crippen LogP contribution in [0.3, 0.4) is 0 Å². The van der Waals surface area contributed by atoms with Crippen LogP contribution in [-0.2, 0) is 12.8 Å². The normalized spacial score (nSPS) is 22.6. The van der Waals surface area contributed by atoms with Crippen molar-refractivity contribution in [1.29, 1.82) is 0 Å². The average Bonchev–Trinajstić information content (AvgIpc) is 2.66. The maximum atomic E-state index is 5.73. The number of aryl methyl sites for hydroxylation is 2. The van der Waals surface area contributed by atoms with E-state index in [9.17, 15) is 0 Å². The third-order valence-corrected chi connectivity index (χ3v) is 5.44. The molecular weight excluding hydrogens is 216 g/mol. The highest BCUT2D eigenvalue weighted by Crippen LogP contribution is 2.41. The Kier molecular flexibility index (Phi) is 3.01. The van der Waals surface area contributed by atoms with Crippen molar-refractivity contribution in [2.75, 3.05) is 0 Å². The van der Waals surface area contributed by atoms with Crippen molar-refractivity contribution in [1.82, 2.24) is 5.43 Å². The Bertz CT molecular complexity index is 345. The fraction of sp³-hybridized carbons (Fsp3) is 0.692. The molecule has 1 aromatic heterocycles. The molecule has 1 saturated carbocycles.